The average molecular weight is 321 g/mol. The second-order valence-electron chi connectivity index (χ2n) is 5.18. The van der Waals surface area contributed by atoms with E-state index in [0.29, 0.717) is 22.6 Å². The summed E-state index contributed by atoms with van der Waals surface area (Å²) in [6.07, 6.45) is -4.51. The number of methoxy groups -OCH3 is 1. The van der Waals surface area contributed by atoms with E-state index < -0.39 is 11.9 Å². The summed E-state index contributed by atoms with van der Waals surface area (Å²) in [5.41, 5.74) is 1.26. The lowest BCUT2D eigenvalue weighted by molar-refractivity contribution is -0.142. The summed E-state index contributed by atoms with van der Waals surface area (Å²) in [5, 5.41) is 4.05. The Morgan fingerprint density at radius 3 is 2.48 bits per heavy atom. The van der Waals surface area contributed by atoms with E-state index in [9.17, 15) is 13.2 Å². The smallest absolute Gasteiger partial charge is 0.433 e. The monoisotopic (exact) mass is 321 g/mol. The van der Waals surface area contributed by atoms with Crippen molar-refractivity contribution in [2.75, 3.05) is 7.11 Å². The largest absolute Gasteiger partial charge is 0.496 e. The highest BCUT2D eigenvalue weighted by Crippen LogP contribution is 2.37. The Labute approximate surface area is 130 Å². The number of benzene rings is 1. The first-order valence-corrected chi connectivity index (χ1v) is 6.90. The molecular formula is C16H14F3N3O. The SMILES string of the molecule is COc1ccccc1-c1c(C)nn2c(C(F)(F)F)cc(C)nc12. The molecule has 0 N–H and O–H groups in total. The van der Waals surface area contributed by atoms with Crippen LogP contribution in [0.1, 0.15) is 17.1 Å². The van der Waals surface area contributed by atoms with E-state index in [1.54, 1.807) is 31.2 Å². The molecule has 23 heavy (non-hydrogen) atoms. The normalized spacial score (nSPS) is 11.9. The first-order valence-electron chi connectivity index (χ1n) is 6.90. The van der Waals surface area contributed by atoms with Gasteiger partial charge in [-0.15, -0.1) is 0 Å². The summed E-state index contributed by atoms with van der Waals surface area (Å²) in [4.78, 5) is 4.27. The van der Waals surface area contributed by atoms with Gasteiger partial charge in [0.15, 0.2) is 5.65 Å². The van der Waals surface area contributed by atoms with Gasteiger partial charge in [-0.25, -0.2) is 9.50 Å². The molecule has 2 aromatic heterocycles. The molecule has 0 aliphatic carbocycles. The standard InChI is InChI=1S/C16H14F3N3O/c1-9-8-13(16(17,18)19)22-15(20-9)14(10(2)21-22)11-6-4-5-7-12(11)23-3/h4-8H,1-3H3. The number of hydrogen-bond donors (Lipinski definition) is 0. The Hall–Kier alpha value is -2.57. The molecule has 1 aromatic carbocycles. The fourth-order valence-corrected chi connectivity index (χ4v) is 2.61. The van der Waals surface area contributed by atoms with E-state index in [-0.39, 0.29) is 11.3 Å². The predicted molar refractivity (Wildman–Crippen MR) is 79.5 cm³/mol. The molecule has 0 fully saturated rings. The summed E-state index contributed by atoms with van der Waals surface area (Å²) in [5.74, 6) is 0.558. The molecule has 3 rings (SSSR count). The van der Waals surface area contributed by atoms with Gasteiger partial charge in [0, 0.05) is 11.3 Å². The zero-order chi connectivity index (χ0) is 16.8. The molecule has 0 atom stereocenters. The highest BCUT2D eigenvalue weighted by Gasteiger charge is 2.35. The van der Waals surface area contributed by atoms with Gasteiger partial charge in [-0.1, -0.05) is 18.2 Å². The molecule has 0 bridgehead atoms. The minimum Gasteiger partial charge on any atom is -0.496 e. The Balaban J connectivity index is 2.40. The average Bonchev–Trinajstić information content (AvgIpc) is 2.81. The number of para-hydroxylation sites is 1. The Kier molecular flexibility index (Phi) is 3.50. The molecule has 0 spiro atoms. The van der Waals surface area contributed by atoms with E-state index >= 15 is 0 Å². The van der Waals surface area contributed by atoms with Crippen molar-refractivity contribution in [3.63, 3.8) is 0 Å². The number of ether oxygens (including phenoxy) is 1. The molecule has 2 heterocycles. The van der Waals surface area contributed by atoms with Crippen LogP contribution in [0.25, 0.3) is 16.8 Å². The van der Waals surface area contributed by atoms with Crippen LogP contribution < -0.4 is 4.74 Å². The number of halogens is 3. The highest BCUT2D eigenvalue weighted by atomic mass is 19.4. The van der Waals surface area contributed by atoms with Crippen molar-refractivity contribution in [1.82, 2.24) is 14.6 Å². The fourth-order valence-electron chi connectivity index (χ4n) is 2.61. The van der Waals surface area contributed by atoms with Crippen LogP contribution in [0.15, 0.2) is 30.3 Å². The number of nitrogens with zero attached hydrogens (tertiary/aromatic N) is 3. The maximum absolute atomic E-state index is 13.3. The van der Waals surface area contributed by atoms with Crippen molar-refractivity contribution in [3.05, 3.63) is 47.4 Å². The van der Waals surface area contributed by atoms with Crippen molar-refractivity contribution in [1.29, 1.82) is 0 Å². The number of rotatable bonds is 2. The zero-order valence-electron chi connectivity index (χ0n) is 12.8. The molecular weight excluding hydrogens is 307 g/mol. The van der Waals surface area contributed by atoms with E-state index in [1.165, 1.54) is 14.0 Å². The van der Waals surface area contributed by atoms with Crippen LogP contribution >= 0.6 is 0 Å². The quantitative estimate of drug-likeness (QED) is 0.715. The fraction of sp³-hybridized carbons (Fsp3) is 0.250. The van der Waals surface area contributed by atoms with Crippen molar-refractivity contribution < 1.29 is 17.9 Å². The van der Waals surface area contributed by atoms with Gasteiger partial charge in [-0.3, -0.25) is 0 Å². The number of alkyl halides is 3. The maximum atomic E-state index is 13.3. The lowest BCUT2D eigenvalue weighted by atomic mass is 10.1. The molecule has 0 saturated heterocycles. The van der Waals surface area contributed by atoms with Crippen LogP contribution in [-0.4, -0.2) is 21.7 Å². The van der Waals surface area contributed by atoms with Crippen LogP contribution in [0.5, 0.6) is 5.75 Å². The lowest BCUT2D eigenvalue weighted by Gasteiger charge is -2.11. The number of aromatic nitrogens is 3. The van der Waals surface area contributed by atoms with Crippen molar-refractivity contribution >= 4 is 5.65 Å². The van der Waals surface area contributed by atoms with Crippen LogP contribution in [-0.2, 0) is 6.18 Å². The Morgan fingerprint density at radius 2 is 1.83 bits per heavy atom. The van der Waals surface area contributed by atoms with Gasteiger partial charge in [0.25, 0.3) is 0 Å². The van der Waals surface area contributed by atoms with E-state index in [2.05, 4.69) is 10.1 Å². The summed E-state index contributed by atoms with van der Waals surface area (Å²) in [6, 6.07) is 8.11. The minimum absolute atomic E-state index is 0.166. The van der Waals surface area contributed by atoms with Crippen molar-refractivity contribution in [3.8, 4) is 16.9 Å². The van der Waals surface area contributed by atoms with Crippen molar-refractivity contribution in [2.45, 2.75) is 20.0 Å². The molecule has 4 nitrogen and oxygen atoms in total. The van der Waals surface area contributed by atoms with Gasteiger partial charge >= 0.3 is 6.18 Å². The van der Waals surface area contributed by atoms with E-state index in [0.717, 1.165) is 10.6 Å². The third-order valence-corrected chi connectivity index (χ3v) is 3.56. The molecule has 0 saturated carbocycles. The van der Waals surface area contributed by atoms with Crippen LogP contribution in [0.3, 0.4) is 0 Å². The Bertz CT molecular complexity index is 884. The summed E-state index contributed by atoms with van der Waals surface area (Å²) < 4.78 is 46.0. The second-order valence-corrected chi connectivity index (χ2v) is 5.18. The molecule has 0 radical (unpaired) electrons. The first-order chi connectivity index (χ1) is 10.8. The van der Waals surface area contributed by atoms with Gasteiger partial charge < -0.3 is 4.74 Å². The molecule has 120 valence electrons. The molecule has 0 amide bonds. The summed E-state index contributed by atoms with van der Waals surface area (Å²) in [6.45, 7) is 3.19. The summed E-state index contributed by atoms with van der Waals surface area (Å²) in [7, 11) is 1.51. The summed E-state index contributed by atoms with van der Waals surface area (Å²) >= 11 is 0. The van der Waals surface area contributed by atoms with E-state index in [1.807, 2.05) is 0 Å². The van der Waals surface area contributed by atoms with E-state index in [4.69, 9.17) is 4.74 Å². The van der Waals surface area contributed by atoms with Crippen LogP contribution in [0.4, 0.5) is 13.2 Å². The van der Waals surface area contributed by atoms with Gasteiger partial charge in [-0.2, -0.15) is 18.3 Å². The highest BCUT2D eigenvalue weighted by molar-refractivity contribution is 5.83. The van der Waals surface area contributed by atoms with Gasteiger partial charge in [0.1, 0.15) is 11.4 Å². The topological polar surface area (TPSA) is 39.4 Å². The zero-order valence-corrected chi connectivity index (χ0v) is 12.8. The van der Waals surface area contributed by atoms with Gasteiger partial charge in [0.05, 0.1) is 18.4 Å². The predicted octanol–water partition coefficient (Wildman–Crippen LogP) is 4.04. The van der Waals surface area contributed by atoms with Gasteiger partial charge in [0.2, 0.25) is 0 Å². The second kappa shape index (κ2) is 5.26. The molecule has 0 unspecified atom stereocenters. The molecule has 7 heteroatoms. The van der Waals surface area contributed by atoms with Crippen LogP contribution in [0, 0.1) is 13.8 Å². The number of aryl methyl sites for hydroxylation is 2. The first kappa shape index (κ1) is 15.3. The molecule has 0 aliphatic rings. The number of hydrogen-bond acceptors (Lipinski definition) is 3. The van der Waals surface area contributed by atoms with Crippen LogP contribution in [0.2, 0.25) is 0 Å². The molecule has 3 aromatic rings. The minimum atomic E-state index is -4.51. The van der Waals surface area contributed by atoms with Crippen molar-refractivity contribution in [2.24, 2.45) is 0 Å². The lowest BCUT2D eigenvalue weighted by Crippen LogP contribution is -2.13. The molecule has 0 aliphatic heterocycles. The number of fused-ring (bicyclic) bond motifs is 1. The van der Waals surface area contributed by atoms with Gasteiger partial charge in [-0.05, 0) is 26.0 Å². The maximum Gasteiger partial charge on any atom is 0.433 e. The third kappa shape index (κ3) is 2.52. The Morgan fingerprint density at radius 1 is 1.13 bits per heavy atom. The third-order valence-electron chi connectivity index (χ3n) is 3.56.